The highest BCUT2D eigenvalue weighted by atomic mass is 79.9. The lowest BCUT2D eigenvalue weighted by Gasteiger charge is -2.10. The second-order valence-electron chi connectivity index (χ2n) is 4.67. The van der Waals surface area contributed by atoms with Crippen molar-refractivity contribution in [1.29, 1.82) is 0 Å². The van der Waals surface area contributed by atoms with Gasteiger partial charge in [-0.2, -0.15) is 0 Å². The molecule has 4 nitrogen and oxygen atoms in total. The Balaban J connectivity index is 1.74. The molecule has 2 aromatic rings. The van der Waals surface area contributed by atoms with Gasteiger partial charge in [0, 0.05) is 9.50 Å². The quantitative estimate of drug-likeness (QED) is 0.741. The van der Waals surface area contributed by atoms with Crippen LogP contribution in [0.5, 0.6) is 5.75 Å². The summed E-state index contributed by atoms with van der Waals surface area (Å²) >= 11 is 9.28. The number of ether oxygens (including phenoxy) is 1. The molecule has 22 heavy (non-hydrogen) atoms. The van der Waals surface area contributed by atoms with Gasteiger partial charge >= 0.3 is 6.03 Å². The largest absolute Gasteiger partial charge is 0.492 e. The van der Waals surface area contributed by atoms with Crippen LogP contribution in [0.15, 0.2) is 46.9 Å². The van der Waals surface area contributed by atoms with Gasteiger partial charge in [-0.05, 0) is 58.7 Å². The van der Waals surface area contributed by atoms with Crippen LogP contribution >= 0.6 is 27.5 Å². The average molecular weight is 384 g/mol. The third-order valence-corrected chi connectivity index (χ3v) is 3.72. The molecule has 0 bridgehead atoms. The number of hydrogen-bond donors (Lipinski definition) is 2. The first-order chi connectivity index (χ1) is 10.5. The lowest BCUT2D eigenvalue weighted by atomic mass is 10.2. The number of benzene rings is 2. The zero-order valence-corrected chi connectivity index (χ0v) is 14.4. The molecule has 6 heteroatoms. The molecule has 2 N–H and O–H groups in total. The SMILES string of the molecule is Cc1ccc(NC(=O)NCCOc2cccc(Cl)c2)c(Br)c1. The molecule has 0 saturated carbocycles. The van der Waals surface area contributed by atoms with E-state index in [1.54, 1.807) is 12.1 Å². The van der Waals surface area contributed by atoms with Crippen molar-refractivity contribution in [3.63, 3.8) is 0 Å². The predicted octanol–water partition coefficient (Wildman–Crippen LogP) is 4.61. The van der Waals surface area contributed by atoms with Gasteiger partial charge in [-0.15, -0.1) is 0 Å². The lowest BCUT2D eigenvalue weighted by molar-refractivity contribution is 0.247. The molecular formula is C16H16BrClN2O2. The summed E-state index contributed by atoms with van der Waals surface area (Å²) in [5, 5.41) is 6.12. The first kappa shape index (κ1) is 16.6. The number of aryl methyl sites for hydroxylation is 1. The Labute approximate surface area is 142 Å². The maximum Gasteiger partial charge on any atom is 0.319 e. The highest BCUT2D eigenvalue weighted by Crippen LogP contribution is 2.23. The van der Waals surface area contributed by atoms with Gasteiger partial charge in [0.05, 0.1) is 12.2 Å². The summed E-state index contributed by atoms with van der Waals surface area (Å²) in [6.07, 6.45) is 0. The summed E-state index contributed by atoms with van der Waals surface area (Å²) in [5.41, 5.74) is 1.84. The van der Waals surface area contributed by atoms with E-state index >= 15 is 0 Å². The Kier molecular flexibility index (Phi) is 6.10. The average Bonchev–Trinajstić information content (AvgIpc) is 2.47. The Bertz CT molecular complexity index is 664. The number of urea groups is 1. The second-order valence-corrected chi connectivity index (χ2v) is 5.96. The van der Waals surface area contributed by atoms with Crippen molar-refractivity contribution in [3.8, 4) is 5.75 Å². The fraction of sp³-hybridized carbons (Fsp3) is 0.188. The molecule has 116 valence electrons. The highest BCUT2D eigenvalue weighted by molar-refractivity contribution is 9.10. The normalized spacial score (nSPS) is 10.1. The minimum atomic E-state index is -0.278. The molecule has 0 atom stereocenters. The summed E-state index contributed by atoms with van der Waals surface area (Å²) in [7, 11) is 0. The maximum absolute atomic E-state index is 11.8. The van der Waals surface area contributed by atoms with Crippen molar-refractivity contribution in [1.82, 2.24) is 5.32 Å². The van der Waals surface area contributed by atoms with Gasteiger partial charge in [0.1, 0.15) is 12.4 Å². The Morgan fingerprint density at radius 3 is 2.82 bits per heavy atom. The van der Waals surface area contributed by atoms with Gasteiger partial charge in [0.2, 0.25) is 0 Å². The van der Waals surface area contributed by atoms with Crippen LogP contribution in [0.1, 0.15) is 5.56 Å². The van der Waals surface area contributed by atoms with Gasteiger partial charge in [0.15, 0.2) is 0 Å². The molecule has 0 aliphatic heterocycles. The van der Waals surface area contributed by atoms with E-state index in [1.165, 1.54) is 0 Å². The summed E-state index contributed by atoms with van der Waals surface area (Å²) in [6, 6.07) is 12.6. The van der Waals surface area contributed by atoms with Crippen molar-refractivity contribution in [3.05, 3.63) is 57.5 Å². The number of carbonyl (C=O) groups is 1. The van der Waals surface area contributed by atoms with Crippen molar-refractivity contribution in [2.45, 2.75) is 6.92 Å². The van der Waals surface area contributed by atoms with Crippen molar-refractivity contribution >= 4 is 39.2 Å². The van der Waals surface area contributed by atoms with Gasteiger partial charge < -0.3 is 15.4 Å². The first-order valence-electron chi connectivity index (χ1n) is 6.74. The van der Waals surface area contributed by atoms with Crippen molar-refractivity contribution in [2.24, 2.45) is 0 Å². The molecular weight excluding hydrogens is 368 g/mol. The smallest absolute Gasteiger partial charge is 0.319 e. The minimum Gasteiger partial charge on any atom is -0.492 e. The zero-order valence-electron chi connectivity index (χ0n) is 12.0. The fourth-order valence-electron chi connectivity index (χ4n) is 1.78. The number of anilines is 1. The minimum absolute atomic E-state index is 0.278. The second kappa shape index (κ2) is 8.06. The van der Waals surface area contributed by atoms with E-state index in [-0.39, 0.29) is 6.03 Å². The lowest BCUT2D eigenvalue weighted by Crippen LogP contribution is -2.32. The van der Waals surface area contributed by atoms with Crippen LogP contribution in [0.4, 0.5) is 10.5 Å². The monoisotopic (exact) mass is 382 g/mol. The van der Waals surface area contributed by atoms with Crippen LogP contribution in [0.25, 0.3) is 0 Å². The molecule has 0 aromatic heterocycles. The highest BCUT2D eigenvalue weighted by Gasteiger charge is 2.05. The van der Waals surface area contributed by atoms with E-state index in [0.717, 1.165) is 15.7 Å². The molecule has 2 rings (SSSR count). The number of nitrogens with one attached hydrogen (secondary N) is 2. The van der Waals surface area contributed by atoms with E-state index in [0.29, 0.717) is 23.9 Å². The van der Waals surface area contributed by atoms with Gasteiger partial charge in [-0.3, -0.25) is 0 Å². The molecule has 2 amide bonds. The molecule has 0 unspecified atom stereocenters. The van der Waals surface area contributed by atoms with E-state index < -0.39 is 0 Å². The Hall–Kier alpha value is -1.72. The van der Waals surface area contributed by atoms with Gasteiger partial charge in [0.25, 0.3) is 0 Å². The Morgan fingerprint density at radius 2 is 2.09 bits per heavy atom. The first-order valence-corrected chi connectivity index (χ1v) is 7.91. The zero-order chi connectivity index (χ0) is 15.9. The van der Waals surface area contributed by atoms with Crippen molar-refractivity contribution < 1.29 is 9.53 Å². The summed E-state index contributed by atoms with van der Waals surface area (Å²) in [5.74, 6) is 0.677. The predicted molar refractivity (Wildman–Crippen MR) is 92.8 cm³/mol. The summed E-state index contributed by atoms with van der Waals surface area (Å²) in [4.78, 5) is 11.8. The number of amides is 2. The van der Waals surface area contributed by atoms with Crippen LogP contribution < -0.4 is 15.4 Å². The third-order valence-electron chi connectivity index (χ3n) is 2.83. The molecule has 0 aliphatic carbocycles. The van der Waals surface area contributed by atoms with E-state index in [1.807, 2.05) is 37.3 Å². The molecule has 0 spiro atoms. The van der Waals surface area contributed by atoms with Crippen LogP contribution in [-0.4, -0.2) is 19.2 Å². The molecule has 0 saturated heterocycles. The molecule has 0 heterocycles. The fourth-order valence-corrected chi connectivity index (χ4v) is 2.55. The molecule has 0 fully saturated rings. The standard InChI is InChI=1S/C16H16BrClN2O2/c1-11-5-6-15(14(17)9-11)20-16(21)19-7-8-22-13-4-2-3-12(18)10-13/h2-6,9-10H,7-8H2,1H3,(H2,19,20,21). The molecule has 2 aromatic carbocycles. The van der Waals surface area contributed by atoms with Crippen LogP contribution in [-0.2, 0) is 0 Å². The summed E-state index contributed by atoms with van der Waals surface area (Å²) < 4.78 is 6.34. The van der Waals surface area contributed by atoms with Crippen LogP contribution in [0.2, 0.25) is 5.02 Å². The maximum atomic E-state index is 11.8. The number of halogens is 2. The number of rotatable bonds is 5. The van der Waals surface area contributed by atoms with Gasteiger partial charge in [-0.25, -0.2) is 4.79 Å². The van der Waals surface area contributed by atoms with Crippen LogP contribution in [0, 0.1) is 6.92 Å². The van der Waals surface area contributed by atoms with E-state index in [4.69, 9.17) is 16.3 Å². The van der Waals surface area contributed by atoms with Crippen LogP contribution in [0.3, 0.4) is 0 Å². The topological polar surface area (TPSA) is 50.4 Å². The van der Waals surface area contributed by atoms with Crippen molar-refractivity contribution in [2.75, 3.05) is 18.5 Å². The number of hydrogen-bond acceptors (Lipinski definition) is 2. The third kappa shape index (κ3) is 5.24. The Morgan fingerprint density at radius 1 is 1.27 bits per heavy atom. The van der Waals surface area contributed by atoms with E-state index in [9.17, 15) is 4.79 Å². The summed E-state index contributed by atoms with van der Waals surface area (Å²) in [6.45, 7) is 2.74. The van der Waals surface area contributed by atoms with E-state index in [2.05, 4.69) is 26.6 Å². The molecule has 0 radical (unpaired) electrons. The number of carbonyl (C=O) groups excluding carboxylic acids is 1. The molecule has 0 aliphatic rings. The van der Waals surface area contributed by atoms with Gasteiger partial charge in [-0.1, -0.05) is 23.7 Å².